The number of nitrogens with zero attached hydrogens (tertiary/aromatic N) is 1. The number of hydrogen-bond acceptors (Lipinski definition) is 3. The van der Waals surface area contributed by atoms with Crippen molar-refractivity contribution in [2.45, 2.75) is 6.10 Å². The van der Waals surface area contributed by atoms with Crippen LogP contribution in [0.4, 0.5) is 5.69 Å². The molecule has 0 spiro atoms. The van der Waals surface area contributed by atoms with Gasteiger partial charge in [-0.05, 0) is 28.1 Å². The smallest absolute Gasteiger partial charge is 0.101 e. The Morgan fingerprint density at radius 1 is 1.56 bits per heavy atom. The second kappa shape index (κ2) is 6.31. The van der Waals surface area contributed by atoms with Gasteiger partial charge in [0.2, 0.25) is 0 Å². The first-order valence-electron chi connectivity index (χ1n) is 4.46. The minimum atomic E-state index is -0.657. The topological polar surface area (TPSA) is 56.0 Å². The van der Waals surface area contributed by atoms with E-state index >= 15 is 0 Å². The van der Waals surface area contributed by atoms with E-state index in [0.717, 1.165) is 4.47 Å². The van der Waals surface area contributed by atoms with E-state index in [0.29, 0.717) is 16.3 Å². The molecule has 0 heterocycles. The standard InChI is InChI=1S/C10H9BrCl2N2O/c11-8-2-1-6(4-14)9(13)10(8)15-5-7(16)3-12/h1-2,7,15-16H,3,5H2. The van der Waals surface area contributed by atoms with Crippen molar-refractivity contribution >= 4 is 44.8 Å². The predicted octanol–water partition coefficient (Wildman–Crippen LogP) is 2.99. The number of alkyl halides is 1. The van der Waals surface area contributed by atoms with Gasteiger partial charge in [0.05, 0.1) is 28.3 Å². The Kier molecular flexibility index (Phi) is 5.36. The molecule has 0 aliphatic rings. The zero-order valence-corrected chi connectivity index (χ0v) is 11.3. The van der Waals surface area contributed by atoms with E-state index < -0.39 is 6.10 Å². The predicted molar refractivity (Wildman–Crippen MR) is 69.1 cm³/mol. The number of aliphatic hydroxyl groups excluding tert-OH is 1. The lowest BCUT2D eigenvalue weighted by atomic mass is 10.2. The van der Waals surface area contributed by atoms with E-state index in [-0.39, 0.29) is 12.4 Å². The molecule has 0 fully saturated rings. The molecule has 86 valence electrons. The molecule has 1 rings (SSSR count). The summed E-state index contributed by atoms with van der Waals surface area (Å²) in [5.74, 6) is 0.139. The summed E-state index contributed by atoms with van der Waals surface area (Å²) in [6, 6.07) is 5.33. The van der Waals surface area contributed by atoms with Gasteiger partial charge >= 0.3 is 0 Å². The Labute approximate surface area is 112 Å². The molecule has 0 saturated heterocycles. The summed E-state index contributed by atoms with van der Waals surface area (Å²) in [4.78, 5) is 0. The van der Waals surface area contributed by atoms with Crippen molar-refractivity contribution in [1.82, 2.24) is 0 Å². The van der Waals surface area contributed by atoms with Gasteiger partial charge in [-0.3, -0.25) is 0 Å². The number of aliphatic hydroxyl groups is 1. The van der Waals surface area contributed by atoms with Gasteiger partial charge < -0.3 is 10.4 Å². The second-order valence-corrected chi connectivity index (χ2v) is 4.63. The minimum Gasteiger partial charge on any atom is -0.390 e. The van der Waals surface area contributed by atoms with E-state index in [1.165, 1.54) is 0 Å². The van der Waals surface area contributed by atoms with Crippen LogP contribution >= 0.6 is 39.1 Å². The number of anilines is 1. The highest BCUT2D eigenvalue weighted by Crippen LogP contribution is 2.33. The van der Waals surface area contributed by atoms with Crippen molar-refractivity contribution in [3.63, 3.8) is 0 Å². The molecule has 1 unspecified atom stereocenters. The van der Waals surface area contributed by atoms with Crippen LogP contribution in [0.1, 0.15) is 5.56 Å². The second-order valence-electron chi connectivity index (χ2n) is 3.08. The SMILES string of the molecule is N#Cc1ccc(Br)c(NCC(O)CCl)c1Cl. The lowest BCUT2D eigenvalue weighted by Crippen LogP contribution is -2.21. The van der Waals surface area contributed by atoms with Gasteiger partial charge in [-0.1, -0.05) is 11.6 Å². The van der Waals surface area contributed by atoms with Crippen molar-refractivity contribution < 1.29 is 5.11 Å². The average Bonchev–Trinajstić information content (AvgIpc) is 2.28. The number of hydrogen-bond donors (Lipinski definition) is 2. The Balaban J connectivity index is 2.91. The van der Waals surface area contributed by atoms with Crippen molar-refractivity contribution in [1.29, 1.82) is 5.26 Å². The van der Waals surface area contributed by atoms with Crippen LogP contribution in [0.3, 0.4) is 0 Å². The molecule has 0 aliphatic heterocycles. The fourth-order valence-corrected chi connectivity index (χ4v) is 2.04. The molecule has 6 heteroatoms. The fourth-order valence-electron chi connectivity index (χ4n) is 1.08. The molecule has 0 amide bonds. The number of nitriles is 1. The van der Waals surface area contributed by atoms with Gasteiger partial charge in [-0.15, -0.1) is 11.6 Å². The van der Waals surface area contributed by atoms with Gasteiger partial charge in [0.25, 0.3) is 0 Å². The largest absolute Gasteiger partial charge is 0.390 e. The van der Waals surface area contributed by atoms with Crippen LogP contribution in [0.5, 0.6) is 0 Å². The molecule has 16 heavy (non-hydrogen) atoms. The molecule has 0 aliphatic carbocycles. The van der Waals surface area contributed by atoms with E-state index in [2.05, 4.69) is 21.2 Å². The first kappa shape index (κ1) is 13.6. The summed E-state index contributed by atoms with van der Waals surface area (Å²) in [5.41, 5.74) is 0.970. The molecule has 0 radical (unpaired) electrons. The van der Waals surface area contributed by atoms with Crippen molar-refractivity contribution in [2.24, 2.45) is 0 Å². The first-order chi connectivity index (χ1) is 7.60. The van der Waals surface area contributed by atoms with Gasteiger partial charge in [0.15, 0.2) is 0 Å². The average molecular weight is 324 g/mol. The van der Waals surface area contributed by atoms with Gasteiger partial charge in [0, 0.05) is 11.0 Å². The number of halogens is 3. The number of benzene rings is 1. The molecule has 0 saturated carbocycles. The molecule has 1 atom stereocenters. The maximum atomic E-state index is 9.31. The summed E-state index contributed by atoms with van der Waals surface area (Å²) in [5, 5.41) is 21.4. The Bertz CT molecular complexity index is 420. The van der Waals surface area contributed by atoms with Crippen molar-refractivity contribution in [3.8, 4) is 6.07 Å². The highest BCUT2D eigenvalue weighted by molar-refractivity contribution is 9.10. The summed E-state index contributed by atoms with van der Waals surface area (Å²) in [7, 11) is 0. The summed E-state index contributed by atoms with van der Waals surface area (Å²) in [6.07, 6.45) is -0.657. The third-order valence-corrected chi connectivity index (χ3v) is 3.31. The van der Waals surface area contributed by atoms with Crippen LogP contribution in [0, 0.1) is 11.3 Å². The lowest BCUT2D eigenvalue weighted by Gasteiger charge is -2.13. The Morgan fingerprint density at radius 3 is 2.81 bits per heavy atom. The number of rotatable bonds is 4. The Morgan fingerprint density at radius 2 is 2.25 bits per heavy atom. The maximum Gasteiger partial charge on any atom is 0.101 e. The minimum absolute atomic E-state index is 0.139. The van der Waals surface area contributed by atoms with Gasteiger partial charge in [-0.2, -0.15) is 5.26 Å². The highest BCUT2D eigenvalue weighted by Gasteiger charge is 2.11. The quantitative estimate of drug-likeness (QED) is 0.837. The van der Waals surface area contributed by atoms with E-state index in [1.807, 2.05) is 6.07 Å². The molecule has 1 aromatic rings. The van der Waals surface area contributed by atoms with E-state index in [9.17, 15) is 5.11 Å². The lowest BCUT2D eigenvalue weighted by molar-refractivity contribution is 0.211. The van der Waals surface area contributed by atoms with Crippen LogP contribution < -0.4 is 5.32 Å². The van der Waals surface area contributed by atoms with Crippen LogP contribution in [-0.2, 0) is 0 Å². The zero-order chi connectivity index (χ0) is 12.1. The monoisotopic (exact) mass is 322 g/mol. The highest BCUT2D eigenvalue weighted by atomic mass is 79.9. The van der Waals surface area contributed by atoms with Crippen molar-refractivity contribution in [3.05, 3.63) is 27.2 Å². The molecule has 1 aromatic carbocycles. The molecule has 0 aromatic heterocycles. The number of nitrogens with one attached hydrogen (secondary N) is 1. The van der Waals surface area contributed by atoms with Crippen LogP contribution in [0.25, 0.3) is 0 Å². The Hall–Kier alpha value is -0.470. The maximum absolute atomic E-state index is 9.31. The summed E-state index contributed by atoms with van der Waals surface area (Å²) < 4.78 is 0.735. The zero-order valence-electron chi connectivity index (χ0n) is 8.17. The molecular formula is C10H9BrCl2N2O. The summed E-state index contributed by atoms with van der Waals surface area (Å²) >= 11 is 14.8. The third kappa shape index (κ3) is 3.26. The molecule has 2 N–H and O–H groups in total. The third-order valence-electron chi connectivity index (χ3n) is 1.90. The van der Waals surface area contributed by atoms with Gasteiger partial charge in [0.1, 0.15) is 6.07 Å². The van der Waals surface area contributed by atoms with E-state index in [1.54, 1.807) is 12.1 Å². The molecule has 3 nitrogen and oxygen atoms in total. The van der Waals surface area contributed by atoms with Crippen LogP contribution in [-0.4, -0.2) is 23.6 Å². The van der Waals surface area contributed by atoms with Crippen LogP contribution in [0.2, 0.25) is 5.02 Å². The molecular weight excluding hydrogens is 315 g/mol. The van der Waals surface area contributed by atoms with E-state index in [4.69, 9.17) is 28.5 Å². The summed E-state index contributed by atoms with van der Waals surface area (Å²) in [6.45, 7) is 0.275. The normalized spacial score (nSPS) is 11.9. The fraction of sp³-hybridized carbons (Fsp3) is 0.300. The van der Waals surface area contributed by atoms with Crippen LogP contribution in [0.15, 0.2) is 16.6 Å². The molecule has 0 bridgehead atoms. The van der Waals surface area contributed by atoms with Gasteiger partial charge in [-0.25, -0.2) is 0 Å². The first-order valence-corrected chi connectivity index (χ1v) is 6.16. The van der Waals surface area contributed by atoms with Crippen molar-refractivity contribution in [2.75, 3.05) is 17.7 Å².